The summed E-state index contributed by atoms with van der Waals surface area (Å²) in [6.07, 6.45) is 0.653. The van der Waals surface area contributed by atoms with Crippen molar-refractivity contribution in [3.05, 3.63) is 98.5 Å². The minimum absolute atomic E-state index is 0.0557. The average molecular weight is 452 g/mol. The van der Waals surface area contributed by atoms with Crippen LogP contribution in [0.2, 0.25) is 0 Å². The number of carbonyl (C=O) groups is 1. The Kier molecular flexibility index (Phi) is 5.99. The fourth-order valence-corrected chi connectivity index (χ4v) is 5.46. The summed E-state index contributed by atoms with van der Waals surface area (Å²) in [7, 11) is -3.75. The summed E-state index contributed by atoms with van der Waals surface area (Å²) in [5.41, 5.74) is 4.14. The lowest BCUT2D eigenvalue weighted by Gasteiger charge is -2.28. The molecule has 0 radical (unpaired) electrons. The molecule has 0 spiro atoms. The van der Waals surface area contributed by atoms with Gasteiger partial charge in [0.05, 0.1) is 4.90 Å². The van der Waals surface area contributed by atoms with E-state index in [1.807, 2.05) is 37.3 Å². The number of nitrogens with one attached hydrogen (secondary N) is 2. The van der Waals surface area contributed by atoms with Crippen molar-refractivity contribution in [2.24, 2.45) is 0 Å². The molecular formula is C24H25N3O4S. The van der Waals surface area contributed by atoms with E-state index in [-0.39, 0.29) is 22.6 Å². The molecule has 8 heteroatoms. The van der Waals surface area contributed by atoms with Crippen LogP contribution in [0.25, 0.3) is 0 Å². The topological polar surface area (TPSA) is 99.3 Å². The van der Waals surface area contributed by atoms with Crippen molar-refractivity contribution in [1.82, 2.24) is 14.6 Å². The highest BCUT2D eigenvalue weighted by molar-refractivity contribution is 7.89. The molecule has 2 aromatic carbocycles. The van der Waals surface area contributed by atoms with Crippen molar-refractivity contribution in [3.63, 3.8) is 0 Å². The first-order valence-corrected chi connectivity index (χ1v) is 11.8. The number of fused-ring (bicyclic) bond motifs is 1. The van der Waals surface area contributed by atoms with E-state index in [1.165, 1.54) is 16.4 Å². The second-order valence-corrected chi connectivity index (χ2v) is 9.95. The van der Waals surface area contributed by atoms with Gasteiger partial charge in [-0.3, -0.25) is 9.59 Å². The zero-order valence-electron chi connectivity index (χ0n) is 18.0. The monoisotopic (exact) mass is 451 g/mol. The predicted molar refractivity (Wildman–Crippen MR) is 122 cm³/mol. The Morgan fingerprint density at radius 3 is 2.56 bits per heavy atom. The maximum atomic E-state index is 13.2. The van der Waals surface area contributed by atoms with Crippen LogP contribution in [0.5, 0.6) is 0 Å². The molecule has 0 atom stereocenters. The first-order valence-electron chi connectivity index (χ1n) is 10.4. The van der Waals surface area contributed by atoms with Crippen molar-refractivity contribution < 1.29 is 13.2 Å². The number of H-pyrrole nitrogens is 1. The van der Waals surface area contributed by atoms with Gasteiger partial charge in [0.2, 0.25) is 10.0 Å². The van der Waals surface area contributed by atoms with Crippen molar-refractivity contribution in [3.8, 4) is 0 Å². The van der Waals surface area contributed by atoms with Crippen LogP contribution in [0.3, 0.4) is 0 Å². The zero-order valence-corrected chi connectivity index (χ0v) is 18.8. The molecule has 166 valence electrons. The lowest BCUT2D eigenvalue weighted by Crippen LogP contribution is -2.36. The molecule has 0 bridgehead atoms. The number of aromatic nitrogens is 1. The molecule has 0 saturated heterocycles. The smallest absolute Gasteiger partial charge is 0.253 e. The Labute approximate surface area is 187 Å². The van der Waals surface area contributed by atoms with Crippen molar-refractivity contribution in [1.29, 1.82) is 0 Å². The Bertz CT molecular complexity index is 1350. The SMILES string of the molecule is Cc1cc(C)c(CNC(=O)c2cccc(S(=O)(=O)N3CCc4ccccc4C3)c2)c(=O)[nH]1. The quantitative estimate of drug-likeness (QED) is 0.623. The number of aromatic amines is 1. The molecule has 1 aliphatic heterocycles. The van der Waals surface area contributed by atoms with Crippen LogP contribution in [0.4, 0.5) is 0 Å². The number of amides is 1. The number of aryl methyl sites for hydroxylation is 2. The number of benzene rings is 2. The summed E-state index contributed by atoms with van der Waals surface area (Å²) in [4.78, 5) is 27.7. The maximum absolute atomic E-state index is 13.2. The third-order valence-corrected chi connectivity index (χ3v) is 7.59. The number of pyridine rings is 1. The molecule has 0 aliphatic carbocycles. The third-order valence-electron chi connectivity index (χ3n) is 5.75. The molecule has 1 amide bonds. The normalized spacial score (nSPS) is 14.1. The summed E-state index contributed by atoms with van der Waals surface area (Å²) >= 11 is 0. The molecule has 3 aromatic rings. The molecular weight excluding hydrogens is 426 g/mol. The molecule has 2 heterocycles. The first kappa shape index (κ1) is 22.0. The summed E-state index contributed by atoms with van der Waals surface area (Å²) in [5.74, 6) is -0.439. The maximum Gasteiger partial charge on any atom is 0.253 e. The fraction of sp³-hybridized carbons (Fsp3) is 0.250. The number of rotatable bonds is 5. The molecule has 2 N–H and O–H groups in total. The summed E-state index contributed by atoms with van der Waals surface area (Å²) in [6, 6.07) is 15.7. The third kappa shape index (κ3) is 4.37. The Balaban J connectivity index is 1.52. The molecule has 4 rings (SSSR count). The van der Waals surface area contributed by atoms with E-state index in [1.54, 1.807) is 19.1 Å². The lowest BCUT2D eigenvalue weighted by molar-refractivity contribution is 0.0950. The van der Waals surface area contributed by atoms with Crippen LogP contribution < -0.4 is 10.9 Å². The van der Waals surface area contributed by atoms with Crippen molar-refractivity contribution >= 4 is 15.9 Å². The van der Waals surface area contributed by atoms with Gasteiger partial charge in [0.15, 0.2) is 0 Å². The first-order chi connectivity index (χ1) is 15.3. The van der Waals surface area contributed by atoms with E-state index in [0.717, 1.165) is 22.4 Å². The fourth-order valence-electron chi connectivity index (χ4n) is 3.99. The molecule has 0 saturated carbocycles. The van der Waals surface area contributed by atoms with Crippen molar-refractivity contribution in [2.45, 2.75) is 38.3 Å². The van der Waals surface area contributed by atoms with Gasteiger partial charge in [0, 0.05) is 36.5 Å². The van der Waals surface area contributed by atoms with Crippen LogP contribution in [-0.2, 0) is 29.5 Å². The standard InChI is InChI=1S/C24H25N3O4S/c1-16-12-17(2)26-24(29)22(16)14-25-23(28)19-8-5-9-21(13-19)32(30,31)27-11-10-18-6-3-4-7-20(18)15-27/h3-9,12-13H,10-11,14-15H2,1-2H3,(H,25,28)(H,26,29). The van der Waals surface area contributed by atoms with Gasteiger partial charge in [-0.15, -0.1) is 0 Å². The van der Waals surface area contributed by atoms with E-state index in [0.29, 0.717) is 25.1 Å². The van der Waals surface area contributed by atoms with Gasteiger partial charge in [-0.25, -0.2) is 8.42 Å². The van der Waals surface area contributed by atoms with Crippen LogP contribution >= 0.6 is 0 Å². The Hall–Kier alpha value is -3.23. The van der Waals surface area contributed by atoms with Crippen LogP contribution in [0.1, 0.15) is 38.3 Å². The van der Waals surface area contributed by atoms with Gasteiger partial charge in [0.25, 0.3) is 11.5 Å². The second kappa shape index (κ2) is 8.72. The molecule has 0 unspecified atom stereocenters. The molecule has 32 heavy (non-hydrogen) atoms. The van der Waals surface area contributed by atoms with Gasteiger partial charge in [-0.1, -0.05) is 30.3 Å². The number of sulfonamides is 1. The van der Waals surface area contributed by atoms with Gasteiger partial charge in [-0.05, 0) is 61.2 Å². The highest BCUT2D eigenvalue weighted by Gasteiger charge is 2.28. The Morgan fingerprint density at radius 1 is 1.06 bits per heavy atom. The zero-order chi connectivity index (χ0) is 22.9. The predicted octanol–water partition coefficient (Wildman–Crippen LogP) is 2.67. The van der Waals surface area contributed by atoms with Crippen LogP contribution in [0, 0.1) is 13.8 Å². The van der Waals surface area contributed by atoms with Crippen LogP contribution in [-0.4, -0.2) is 30.2 Å². The van der Waals surface area contributed by atoms with Gasteiger partial charge in [-0.2, -0.15) is 4.31 Å². The van der Waals surface area contributed by atoms with Gasteiger partial charge >= 0.3 is 0 Å². The van der Waals surface area contributed by atoms with Crippen LogP contribution in [0.15, 0.2) is 64.3 Å². The summed E-state index contributed by atoms with van der Waals surface area (Å²) in [5, 5.41) is 2.72. The number of hydrogen-bond donors (Lipinski definition) is 2. The average Bonchev–Trinajstić information content (AvgIpc) is 2.78. The second-order valence-electron chi connectivity index (χ2n) is 8.01. The van der Waals surface area contributed by atoms with Gasteiger partial charge < -0.3 is 10.3 Å². The molecule has 1 aliphatic rings. The number of nitrogens with zero attached hydrogens (tertiary/aromatic N) is 1. The highest BCUT2D eigenvalue weighted by atomic mass is 32.2. The Morgan fingerprint density at radius 2 is 1.81 bits per heavy atom. The van der Waals surface area contributed by atoms with Gasteiger partial charge in [0.1, 0.15) is 0 Å². The summed E-state index contributed by atoms with van der Waals surface area (Å²) < 4.78 is 27.9. The number of carbonyl (C=O) groups excluding carboxylic acids is 1. The molecule has 1 aromatic heterocycles. The van der Waals surface area contributed by atoms with E-state index < -0.39 is 15.9 Å². The van der Waals surface area contributed by atoms with E-state index >= 15 is 0 Å². The minimum atomic E-state index is -3.75. The highest BCUT2D eigenvalue weighted by Crippen LogP contribution is 2.25. The molecule has 0 fully saturated rings. The summed E-state index contributed by atoms with van der Waals surface area (Å²) in [6.45, 7) is 4.37. The number of hydrogen-bond acceptors (Lipinski definition) is 4. The lowest BCUT2D eigenvalue weighted by atomic mass is 10.0. The minimum Gasteiger partial charge on any atom is -0.348 e. The van der Waals surface area contributed by atoms with E-state index in [2.05, 4.69) is 10.3 Å². The van der Waals surface area contributed by atoms with Crippen molar-refractivity contribution in [2.75, 3.05) is 6.54 Å². The van der Waals surface area contributed by atoms with E-state index in [9.17, 15) is 18.0 Å². The molecule has 7 nitrogen and oxygen atoms in total. The largest absolute Gasteiger partial charge is 0.348 e. The van der Waals surface area contributed by atoms with E-state index in [4.69, 9.17) is 0 Å².